The second kappa shape index (κ2) is 6.06. The van der Waals surface area contributed by atoms with E-state index in [1.54, 1.807) is 10.9 Å². The highest BCUT2D eigenvalue weighted by Crippen LogP contribution is 2.22. The second-order valence-electron chi connectivity index (χ2n) is 5.01. The quantitative estimate of drug-likeness (QED) is 0.915. The van der Waals surface area contributed by atoms with Crippen molar-refractivity contribution in [3.63, 3.8) is 0 Å². The first-order valence-electron chi connectivity index (χ1n) is 6.44. The number of fused-ring (bicyclic) bond motifs is 1. The van der Waals surface area contributed by atoms with E-state index in [2.05, 4.69) is 24.3 Å². The number of rotatable bonds is 5. The third-order valence-electron chi connectivity index (χ3n) is 2.97. The van der Waals surface area contributed by atoms with Crippen LogP contribution in [0.2, 0.25) is 5.02 Å². The number of carbonyl (C=O) groups is 1. The van der Waals surface area contributed by atoms with Crippen molar-refractivity contribution < 1.29 is 4.79 Å². The van der Waals surface area contributed by atoms with Crippen LogP contribution in [-0.4, -0.2) is 22.2 Å². The topological polar surface area (TPSA) is 46.9 Å². The van der Waals surface area contributed by atoms with Crippen LogP contribution in [-0.2, 0) is 11.3 Å². The molecule has 19 heavy (non-hydrogen) atoms. The first-order valence-corrected chi connectivity index (χ1v) is 6.82. The molecule has 0 spiro atoms. The summed E-state index contributed by atoms with van der Waals surface area (Å²) < 4.78 is 1.67. The molecule has 0 aliphatic carbocycles. The smallest absolute Gasteiger partial charge is 0.241 e. The van der Waals surface area contributed by atoms with Crippen molar-refractivity contribution in [2.45, 2.75) is 26.8 Å². The van der Waals surface area contributed by atoms with E-state index in [-0.39, 0.29) is 12.5 Å². The van der Waals surface area contributed by atoms with Crippen LogP contribution in [0.4, 0.5) is 0 Å². The van der Waals surface area contributed by atoms with E-state index in [4.69, 9.17) is 11.6 Å². The molecule has 1 N–H and O–H groups in total. The first kappa shape index (κ1) is 13.9. The second-order valence-corrected chi connectivity index (χ2v) is 5.41. The van der Waals surface area contributed by atoms with Gasteiger partial charge >= 0.3 is 0 Å². The summed E-state index contributed by atoms with van der Waals surface area (Å²) in [6.07, 6.45) is 2.68. The first-order chi connectivity index (χ1) is 9.08. The Labute approximate surface area is 117 Å². The molecule has 0 saturated carbocycles. The summed E-state index contributed by atoms with van der Waals surface area (Å²) in [5, 5.41) is 8.64. The number of hydrogen-bond acceptors (Lipinski definition) is 2. The number of aromatic nitrogens is 2. The minimum absolute atomic E-state index is 0.0226. The Kier molecular flexibility index (Phi) is 4.43. The maximum Gasteiger partial charge on any atom is 0.241 e. The van der Waals surface area contributed by atoms with Crippen molar-refractivity contribution in [1.29, 1.82) is 0 Å². The maximum atomic E-state index is 11.8. The number of benzene rings is 1. The molecule has 0 radical (unpaired) electrons. The van der Waals surface area contributed by atoms with Gasteiger partial charge in [0.05, 0.1) is 16.7 Å². The van der Waals surface area contributed by atoms with E-state index in [9.17, 15) is 4.79 Å². The number of halogens is 1. The SMILES string of the molecule is CC(C)CCNC(=O)Cn1ncc2c(Cl)cccc21. The van der Waals surface area contributed by atoms with Gasteiger partial charge in [-0.25, -0.2) is 0 Å². The maximum absolute atomic E-state index is 11.8. The summed E-state index contributed by atoms with van der Waals surface area (Å²) in [5.74, 6) is 0.565. The Morgan fingerprint density at radius 2 is 2.26 bits per heavy atom. The average Bonchev–Trinajstić information content (AvgIpc) is 2.73. The van der Waals surface area contributed by atoms with Crippen LogP contribution in [0.25, 0.3) is 10.9 Å². The van der Waals surface area contributed by atoms with E-state index in [1.807, 2.05) is 18.2 Å². The Morgan fingerprint density at radius 1 is 1.47 bits per heavy atom. The summed E-state index contributed by atoms with van der Waals surface area (Å²) >= 11 is 6.07. The number of amides is 1. The fraction of sp³-hybridized carbons (Fsp3) is 0.429. The van der Waals surface area contributed by atoms with Gasteiger partial charge in [0, 0.05) is 11.9 Å². The summed E-state index contributed by atoms with van der Waals surface area (Å²) in [6, 6.07) is 5.59. The number of nitrogens with one attached hydrogen (secondary N) is 1. The molecule has 1 heterocycles. The molecule has 5 heteroatoms. The van der Waals surface area contributed by atoms with Crippen molar-refractivity contribution in [2.75, 3.05) is 6.54 Å². The van der Waals surface area contributed by atoms with Gasteiger partial charge in [0.1, 0.15) is 6.54 Å². The van der Waals surface area contributed by atoms with Crippen LogP contribution in [0.15, 0.2) is 24.4 Å². The van der Waals surface area contributed by atoms with Gasteiger partial charge in [-0.1, -0.05) is 31.5 Å². The third-order valence-corrected chi connectivity index (χ3v) is 3.30. The zero-order valence-corrected chi connectivity index (χ0v) is 11.9. The summed E-state index contributed by atoms with van der Waals surface area (Å²) in [7, 11) is 0. The highest BCUT2D eigenvalue weighted by Gasteiger charge is 2.09. The zero-order chi connectivity index (χ0) is 13.8. The summed E-state index contributed by atoms with van der Waals surface area (Å²) in [5.41, 5.74) is 0.881. The molecule has 0 saturated heterocycles. The fourth-order valence-electron chi connectivity index (χ4n) is 1.89. The average molecular weight is 280 g/mol. The highest BCUT2D eigenvalue weighted by atomic mass is 35.5. The van der Waals surface area contributed by atoms with Gasteiger partial charge in [-0.2, -0.15) is 5.10 Å². The van der Waals surface area contributed by atoms with Crippen molar-refractivity contribution in [3.8, 4) is 0 Å². The standard InChI is InChI=1S/C14H18ClN3O/c1-10(2)6-7-16-14(19)9-18-13-5-3-4-12(15)11(13)8-17-18/h3-5,8,10H,6-7,9H2,1-2H3,(H,16,19). The van der Waals surface area contributed by atoms with E-state index in [0.29, 0.717) is 17.5 Å². The van der Waals surface area contributed by atoms with Crippen LogP contribution < -0.4 is 5.32 Å². The lowest BCUT2D eigenvalue weighted by atomic mass is 10.1. The fourth-order valence-corrected chi connectivity index (χ4v) is 2.10. The molecular formula is C14H18ClN3O. The molecule has 2 aromatic rings. The van der Waals surface area contributed by atoms with E-state index >= 15 is 0 Å². The molecule has 0 aliphatic rings. The van der Waals surface area contributed by atoms with Crippen molar-refractivity contribution in [2.24, 2.45) is 5.92 Å². The number of hydrogen-bond donors (Lipinski definition) is 1. The van der Waals surface area contributed by atoms with Gasteiger partial charge < -0.3 is 5.32 Å². The Bertz CT molecular complexity index is 577. The molecule has 0 aliphatic heterocycles. The predicted molar refractivity (Wildman–Crippen MR) is 77.2 cm³/mol. The van der Waals surface area contributed by atoms with Crippen LogP contribution in [0, 0.1) is 5.92 Å². The van der Waals surface area contributed by atoms with Crippen LogP contribution in [0.1, 0.15) is 20.3 Å². The molecule has 1 aromatic carbocycles. The Balaban J connectivity index is 2.01. The Morgan fingerprint density at radius 3 is 3.00 bits per heavy atom. The highest BCUT2D eigenvalue weighted by molar-refractivity contribution is 6.35. The lowest BCUT2D eigenvalue weighted by molar-refractivity contribution is -0.121. The largest absolute Gasteiger partial charge is 0.354 e. The van der Waals surface area contributed by atoms with Gasteiger partial charge in [0.25, 0.3) is 0 Å². The number of carbonyl (C=O) groups excluding carboxylic acids is 1. The molecule has 4 nitrogen and oxygen atoms in total. The molecule has 1 amide bonds. The van der Waals surface area contributed by atoms with Gasteiger partial charge in [-0.3, -0.25) is 9.48 Å². The van der Waals surface area contributed by atoms with E-state index in [0.717, 1.165) is 17.3 Å². The van der Waals surface area contributed by atoms with Crippen molar-refractivity contribution in [3.05, 3.63) is 29.4 Å². The summed E-state index contributed by atoms with van der Waals surface area (Å²) in [4.78, 5) is 11.8. The third kappa shape index (κ3) is 3.47. The molecule has 0 bridgehead atoms. The monoisotopic (exact) mass is 279 g/mol. The lowest BCUT2D eigenvalue weighted by Crippen LogP contribution is -2.29. The molecular weight excluding hydrogens is 262 g/mol. The van der Waals surface area contributed by atoms with Crippen molar-refractivity contribution >= 4 is 28.4 Å². The van der Waals surface area contributed by atoms with Gasteiger partial charge in [0.15, 0.2) is 0 Å². The summed E-state index contributed by atoms with van der Waals surface area (Å²) in [6.45, 7) is 5.20. The van der Waals surface area contributed by atoms with Crippen LogP contribution in [0.5, 0.6) is 0 Å². The minimum Gasteiger partial charge on any atom is -0.354 e. The molecule has 102 valence electrons. The minimum atomic E-state index is -0.0226. The van der Waals surface area contributed by atoms with E-state index in [1.165, 1.54) is 0 Å². The molecule has 0 fully saturated rings. The van der Waals surface area contributed by atoms with Crippen LogP contribution >= 0.6 is 11.6 Å². The number of nitrogens with zero attached hydrogens (tertiary/aromatic N) is 2. The normalized spacial score (nSPS) is 11.2. The van der Waals surface area contributed by atoms with Gasteiger partial charge in [0.2, 0.25) is 5.91 Å². The van der Waals surface area contributed by atoms with Gasteiger partial charge in [-0.05, 0) is 24.5 Å². The molecule has 1 aromatic heterocycles. The van der Waals surface area contributed by atoms with Gasteiger partial charge in [-0.15, -0.1) is 0 Å². The Hall–Kier alpha value is -1.55. The zero-order valence-electron chi connectivity index (χ0n) is 11.2. The predicted octanol–water partition coefficient (Wildman–Crippen LogP) is 2.85. The molecule has 2 rings (SSSR count). The lowest BCUT2D eigenvalue weighted by Gasteiger charge is -2.08. The molecule has 0 atom stereocenters. The van der Waals surface area contributed by atoms with Crippen LogP contribution in [0.3, 0.4) is 0 Å². The van der Waals surface area contributed by atoms with Crippen molar-refractivity contribution in [1.82, 2.24) is 15.1 Å². The molecule has 0 unspecified atom stereocenters. The van der Waals surface area contributed by atoms with E-state index < -0.39 is 0 Å².